The molecule has 0 aliphatic rings. The van der Waals surface area contributed by atoms with Crippen LogP contribution in [0.5, 0.6) is 0 Å². The van der Waals surface area contributed by atoms with Gasteiger partial charge < -0.3 is 20.3 Å². The fourth-order valence-electron chi connectivity index (χ4n) is 1.37. The second-order valence-electron chi connectivity index (χ2n) is 4.30. The Bertz CT molecular complexity index is 142. The Labute approximate surface area is 99.0 Å². The largest absolute Gasteiger partial charge is 0.392 e. The molecule has 0 fully saturated rings. The third kappa shape index (κ3) is 11.9. The third-order valence-electron chi connectivity index (χ3n) is 2.27. The van der Waals surface area contributed by atoms with E-state index in [4.69, 9.17) is 9.84 Å². The summed E-state index contributed by atoms with van der Waals surface area (Å²) in [6.45, 7) is 5.97. The second kappa shape index (κ2) is 11.3. The summed E-state index contributed by atoms with van der Waals surface area (Å²) in [7, 11) is 0. The van der Waals surface area contributed by atoms with E-state index in [2.05, 4.69) is 12.2 Å². The number of unbranched alkanes of at least 4 members (excludes halogenated alkanes) is 3. The van der Waals surface area contributed by atoms with Gasteiger partial charge in [-0.1, -0.05) is 26.2 Å². The Morgan fingerprint density at radius 2 is 1.88 bits per heavy atom. The fourth-order valence-corrected chi connectivity index (χ4v) is 1.37. The molecule has 3 N–H and O–H groups in total. The van der Waals surface area contributed by atoms with E-state index < -0.39 is 6.10 Å². The highest BCUT2D eigenvalue weighted by Crippen LogP contribution is 1.99. The molecule has 4 nitrogen and oxygen atoms in total. The Balaban J connectivity index is 3.14. The first kappa shape index (κ1) is 15.8. The van der Waals surface area contributed by atoms with E-state index in [1.807, 2.05) is 0 Å². The number of rotatable bonds is 11. The fraction of sp³-hybridized carbons (Fsp3) is 1.00. The standard InChI is InChI=1S/C12H27NO3/c1-3-4-5-6-7-16-10-12(15)9-13-8-11(2)14/h11-15H,3-10H2,1-2H3. The molecule has 0 amide bonds. The zero-order valence-electron chi connectivity index (χ0n) is 10.6. The van der Waals surface area contributed by atoms with Gasteiger partial charge in [0.15, 0.2) is 0 Å². The van der Waals surface area contributed by atoms with Gasteiger partial charge in [0, 0.05) is 19.7 Å². The van der Waals surface area contributed by atoms with Crippen molar-refractivity contribution in [1.29, 1.82) is 0 Å². The van der Waals surface area contributed by atoms with Crippen molar-refractivity contribution in [2.75, 3.05) is 26.3 Å². The van der Waals surface area contributed by atoms with Gasteiger partial charge in [0.25, 0.3) is 0 Å². The minimum Gasteiger partial charge on any atom is -0.392 e. The molecule has 2 unspecified atom stereocenters. The van der Waals surface area contributed by atoms with Gasteiger partial charge in [-0.15, -0.1) is 0 Å². The van der Waals surface area contributed by atoms with E-state index in [-0.39, 0.29) is 6.10 Å². The maximum atomic E-state index is 9.50. The summed E-state index contributed by atoms with van der Waals surface area (Å²) in [5, 5.41) is 21.4. The topological polar surface area (TPSA) is 61.7 Å². The van der Waals surface area contributed by atoms with Gasteiger partial charge in [-0.05, 0) is 13.3 Å². The van der Waals surface area contributed by atoms with Crippen molar-refractivity contribution >= 4 is 0 Å². The molecule has 0 rings (SSSR count). The van der Waals surface area contributed by atoms with Crippen LogP contribution < -0.4 is 5.32 Å². The smallest absolute Gasteiger partial charge is 0.0897 e. The number of aliphatic hydroxyl groups is 2. The van der Waals surface area contributed by atoms with Crippen LogP contribution in [0.2, 0.25) is 0 Å². The van der Waals surface area contributed by atoms with Gasteiger partial charge in [-0.2, -0.15) is 0 Å². The van der Waals surface area contributed by atoms with Crippen LogP contribution in [0, 0.1) is 0 Å². The summed E-state index contributed by atoms with van der Waals surface area (Å²) in [6.07, 6.45) is 3.90. The maximum Gasteiger partial charge on any atom is 0.0897 e. The highest BCUT2D eigenvalue weighted by Gasteiger charge is 2.04. The predicted octanol–water partition coefficient (Wildman–Crippen LogP) is 0.915. The molecular weight excluding hydrogens is 206 g/mol. The highest BCUT2D eigenvalue weighted by molar-refractivity contribution is 4.60. The summed E-state index contributed by atoms with van der Waals surface area (Å²) in [5.41, 5.74) is 0. The Morgan fingerprint density at radius 3 is 2.50 bits per heavy atom. The molecular formula is C12H27NO3. The molecule has 0 aromatic carbocycles. The van der Waals surface area contributed by atoms with Gasteiger partial charge in [-0.3, -0.25) is 0 Å². The molecule has 0 aromatic heterocycles. The lowest BCUT2D eigenvalue weighted by molar-refractivity contribution is 0.0341. The highest BCUT2D eigenvalue weighted by atomic mass is 16.5. The van der Waals surface area contributed by atoms with Crippen LogP contribution in [0.4, 0.5) is 0 Å². The maximum absolute atomic E-state index is 9.50. The molecule has 0 radical (unpaired) electrons. The van der Waals surface area contributed by atoms with Crippen molar-refractivity contribution < 1.29 is 14.9 Å². The average Bonchev–Trinajstić information content (AvgIpc) is 2.22. The van der Waals surface area contributed by atoms with Crippen LogP contribution >= 0.6 is 0 Å². The lowest BCUT2D eigenvalue weighted by Gasteiger charge is -2.13. The summed E-state index contributed by atoms with van der Waals surface area (Å²) in [4.78, 5) is 0. The zero-order valence-corrected chi connectivity index (χ0v) is 10.6. The van der Waals surface area contributed by atoms with E-state index in [9.17, 15) is 5.11 Å². The molecule has 0 aliphatic carbocycles. The van der Waals surface area contributed by atoms with Gasteiger partial charge in [0.1, 0.15) is 0 Å². The molecule has 0 bridgehead atoms. The zero-order chi connectivity index (χ0) is 12.2. The number of nitrogens with one attached hydrogen (secondary N) is 1. The third-order valence-corrected chi connectivity index (χ3v) is 2.27. The Kier molecular flexibility index (Phi) is 11.2. The lowest BCUT2D eigenvalue weighted by atomic mass is 10.2. The van der Waals surface area contributed by atoms with Gasteiger partial charge in [0.05, 0.1) is 18.8 Å². The molecule has 0 aromatic rings. The second-order valence-corrected chi connectivity index (χ2v) is 4.30. The summed E-state index contributed by atoms with van der Waals surface area (Å²) >= 11 is 0. The van der Waals surface area contributed by atoms with Crippen LogP contribution in [-0.4, -0.2) is 48.7 Å². The van der Waals surface area contributed by atoms with Crippen molar-refractivity contribution in [3.63, 3.8) is 0 Å². The van der Waals surface area contributed by atoms with Crippen molar-refractivity contribution in [3.05, 3.63) is 0 Å². The van der Waals surface area contributed by atoms with Gasteiger partial charge in [-0.25, -0.2) is 0 Å². The molecule has 4 heteroatoms. The monoisotopic (exact) mass is 233 g/mol. The normalized spacial score (nSPS) is 15.0. The first-order valence-electron chi connectivity index (χ1n) is 6.31. The summed E-state index contributed by atoms with van der Waals surface area (Å²) in [6, 6.07) is 0. The summed E-state index contributed by atoms with van der Waals surface area (Å²) in [5.74, 6) is 0. The molecule has 0 spiro atoms. The van der Waals surface area contributed by atoms with Crippen LogP contribution in [0.3, 0.4) is 0 Å². The van der Waals surface area contributed by atoms with E-state index in [0.29, 0.717) is 19.7 Å². The number of ether oxygens (including phenoxy) is 1. The molecule has 0 aliphatic heterocycles. The summed E-state index contributed by atoms with van der Waals surface area (Å²) < 4.78 is 5.35. The number of hydrogen-bond donors (Lipinski definition) is 3. The first-order valence-corrected chi connectivity index (χ1v) is 6.31. The van der Waals surface area contributed by atoms with E-state index in [1.165, 1.54) is 19.3 Å². The Morgan fingerprint density at radius 1 is 1.12 bits per heavy atom. The van der Waals surface area contributed by atoms with Crippen LogP contribution in [0.1, 0.15) is 39.5 Å². The lowest BCUT2D eigenvalue weighted by Crippen LogP contribution is -2.34. The minimum atomic E-state index is -0.482. The SMILES string of the molecule is CCCCCCOCC(O)CNCC(C)O. The molecule has 2 atom stereocenters. The van der Waals surface area contributed by atoms with Crippen molar-refractivity contribution in [3.8, 4) is 0 Å². The number of hydrogen-bond acceptors (Lipinski definition) is 4. The minimum absolute atomic E-state index is 0.373. The Hall–Kier alpha value is -0.160. The van der Waals surface area contributed by atoms with Crippen LogP contribution in [0.25, 0.3) is 0 Å². The van der Waals surface area contributed by atoms with Gasteiger partial charge >= 0.3 is 0 Å². The van der Waals surface area contributed by atoms with Crippen LogP contribution in [0.15, 0.2) is 0 Å². The molecule has 0 saturated carbocycles. The molecule has 98 valence electrons. The first-order chi connectivity index (χ1) is 7.66. The molecule has 16 heavy (non-hydrogen) atoms. The predicted molar refractivity (Wildman–Crippen MR) is 65.5 cm³/mol. The van der Waals surface area contributed by atoms with Gasteiger partial charge in [0.2, 0.25) is 0 Å². The van der Waals surface area contributed by atoms with E-state index in [0.717, 1.165) is 13.0 Å². The van der Waals surface area contributed by atoms with Crippen molar-refractivity contribution in [1.82, 2.24) is 5.32 Å². The van der Waals surface area contributed by atoms with Crippen molar-refractivity contribution in [2.24, 2.45) is 0 Å². The molecule has 0 heterocycles. The quantitative estimate of drug-likeness (QED) is 0.464. The average molecular weight is 233 g/mol. The van der Waals surface area contributed by atoms with E-state index >= 15 is 0 Å². The van der Waals surface area contributed by atoms with Crippen molar-refractivity contribution in [2.45, 2.75) is 51.7 Å². The number of aliphatic hydroxyl groups excluding tert-OH is 2. The molecule has 0 saturated heterocycles. The van der Waals surface area contributed by atoms with E-state index in [1.54, 1.807) is 6.92 Å². The van der Waals surface area contributed by atoms with Crippen LogP contribution in [-0.2, 0) is 4.74 Å².